The number of nitrogens with two attached hydrogens (primary N) is 1. The largest absolute Gasteiger partial charge is 0.348 e. The van der Waals surface area contributed by atoms with Crippen molar-refractivity contribution in [1.29, 1.82) is 0 Å². The van der Waals surface area contributed by atoms with E-state index in [1.54, 1.807) is 36.4 Å². The second-order valence-corrected chi connectivity index (χ2v) is 6.56. The Morgan fingerprint density at radius 3 is 2.04 bits per heavy atom. The number of para-hydroxylation sites is 1. The molecule has 0 aromatic heterocycles. The molecule has 0 spiro atoms. The lowest BCUT2D eigenvalue weighted by Gasteiger charge is -2.19. The van der Waals surface area contributed by atoms with E-state index in [1.807, 2.05) is 18.2 Å². The molecule has 0 aliphatic rings. The summed E-state index contributed by atoms with van der Waals surface area (Å²) in [5.41, 5.74) is 7.56. The smallest absolute Gasteiger partial charge is 0.323 e. The van der Waals surface area contributed by atoms with Gasteiger partial charge in [0.1, 0.15) is 0 Å². The summed E-state index contributed by atoms with van der Waals surface area (Å²) in [6.07, 6.45) is 0.835. The molecule has 6 heteroatoms. The molecular formula is C20H26N4O2. The number of benzene rings is 2. The van der Waals surface area contributed by atoms with Gasteiger partial charge in [0.15, 0.2) is 0 Å². The van der Waals surface area contributed by atoms with Crippen LogP contribution in [0.1, 0.15) is 30.6 Å². The average Bonchev–Trinajstić information content (AvgIpc) is 2.62. The Morgan fingerprint density at radius 1 is 0.923 bits per heavy atom. The third-order valence-corrected chi connectivity index (χ3v) is 3.81. The van der Waals surface area contributed by atoms with E-state index in [1.165, 1.54) is 0 Å². The summed E-state index contributed by atoms with van der Waals surface area (Å²) in [5, 5.41) is 8.41. The number of hydrogen-bond donors (Lipinski definition) is 4. The average molecular weight is 354 g/mol. The maximum Gasteiger partial charge on any atom is 0.323 e. The van der Waals surface area contributed by atoms with Crippen LogP contribution in [0.5, 0.6) is 0 Å². The van der Waals surface area contributed by atoms with Crippen molar-refractivity contribution in [3.8, 4) is 0 Å². The van der Waals surface area contributed by atoms with E-state index >= 15 is 0 Å². The molecule has 1 unspecified atom stereocenters. The van der Waals surface area contributed by atoms with Gasteiger partial charge < -0.3 is 21.7 Å². The SMILES string of the molecule is CC(C)CC(CN)NC(=O)c1ccc(NC(=O)Nc2ccccc2)cc1. The lowest BCUT2D eigenvalue weighted by Crippen LogP contribution is -2.41. The van der Waals surface area contributed by atoms with Crippen molar-refractivity contribution in [3.63, 3.8) is 0 Å². The van der Waals surface area contributed by atoms with Crippen LogP contribution < -0.4 is 21.7 Å². The van der Waals surface area contributed by atoms with E-state index in [-0.39, 0.29) is 18.0 Å². The quantitative estimate of drug-likeness (QED) is 0.613. The van der Waals surface area contributed by atoms with Crippen LogP contribution in [0.2, 0.25) is 0 Å². The molecule has 0 saturated carbocycles. The molecule has 0 saturated heterocycles. The third-order valence-electron chi connectivity index (χ3n) is 3.81. The van der Waals surface area contributed by atoms with Crippen LogP contribution >= 0.6 is 0 Å². The van der Waals surface area contributed by atoms with Crippen LogP contribution in [-0.4, -0.2) is 24.5 Å². The van der Waals surface area contributed by atoms with Crippen LogP contribution in [0.4, 0.5) is 16.2 Å². The van der Waals surface area contributed by atoms with Gasteiger partial charge in [-0.05, 0) is 48.7 Å². The highest BCUT2D eigenvalue weighted by molar-refractivity contribution is 6.00. The topological polar surface area (TPSA) is 96.2 Å². The molecule has 1 atom stereocenters. The number of amides is 3. The van der Waals surface area contributed by atoms with Crippen LogP contribution in [0, 0.1) is 5.92 Å². The van der Waals surface area contributed by atoms with Crippen molar-refractivity contribution >= 4 is 23.3 Å². The molecular weight excluding hydrogens is 328 g/mol. The molecule has 2 rings (SSSR count). The maximum atomic E-state index is 12.3. The number of carbonyl (C=O) groups is 2. The van der Waals surface area contributed by atoms with Crippen molar-refractivity contribution in [2.75, 3.05) is 17.2 Å². The number of hydrogen-bond acceptors (Lipinski definition) is 3. The molecule has 3 amide bonds. The molecule has 0 bridgehead atoms. The summed E-state index contributed by atoms with van der Waals surface area (Å²) in [6, 6.07) is 15.5. The minimum absolute atomic E-state index is 0.0445. The Morgan fingerprint density at radius 2 is 1.50 bits per heavy atom. The second kappa shape index (κ2) is 9.58. The van der Waals surface area contributed by atoms with E-state index in [0.29, 0.717) is 29.4 Å². The standard InChI is InChI=1S/C20H26N4O2/c1-14(2)12-18(13-21)22-19(25)15-8-10-17(11-9-15)24-20(26)23-16-6-4-3-5-7-16/h3-11,14,18H,12-13,21H2,1-2H3,(H,22,25)(H2,23,24,26). The predicted molar refractivity (Wildman–Crippen MR) is 105 cm³/mol. The second-order valence-electron chi connectivity index (χ2n) is 6.56. The highest BCUT2D eigenvalue weighted by Crippen LogP contribution is 2.12. The highest BCUT2D eigenvalue weighted by atomic mass is 16.2. The number of anilines is 2. The van der Waals surface area contributed by atoms with Gasteiger partial charge in [0.05, 0.1) is 0 Å². The van der Waals surface area contributed by atoms with Gasteiger partial charge in [0.2, 0.25) is 0 Å². The molecule has 2 aromatic carbocycles. The van der Waals surface area contributed by atoms with Crippen molar-refractivity contribution in [2.45, 2.75) is 26.3 Å². The van der Waals surface area contributed by atoms with Crippen LogP contribution in [0.25, 0.3) is 0 Å². The predicted octanol–water partition coefficient (Wildman–Crippen LogP) is 3.43. The van der Waals surface area contributed by atoms with Gasteiger partial charge in [-0.25, -0.2) is 4.79 Å². The lowest BCUT2D eigenvalue weighted by molar-refractivity contribution is 0.0934. The Hall–Kier alpha value is -2.86. The first kappa shape index (κ1) is 19.5. The Bertz CT molecular complexity index is 714. The fourth-order valence-corrected chi connectivity index (χ4v) is 2.57. The van der Waals surface area contributed by atoms with Crippen LogP contribution in [0.15, 0.2) is 54.6 Å². The van der Waals surface area contributed by atoms with Crippen molar-refractivity contribution < 1.29 is 9.59 Å². The van der Waals surface area contributed by atoms with Crippen molar-refractivity contribution in [2.24, 2.45) is 11.7 Å². The van der Waals surface area contributed by atoms with Gasteiger partial charge in [-0.15, -0.1) is 0 Å². The Kier molecular flexibility index (Phi) is 7.17. The first-order chi connectivity index (χ1) is 12.5. The Labute approximate surface area is 154 Å². The molecule has 6 nitrogen and oxygen atoms in total. The number of urea groups is 1. The van der Waals surface area contributed by atoms with Gasteiger partial charge in [-0.1, -0.05) is 32.0 Å². The van der Waals surface area contributed by atoms with E-state index in [9.17, 15) is 9.59 Å². The normalized spacial score (nSPS) is 11.7. The summed E-state index contributed by atoms with van der Waals surface area (Å²) >= 11 is 0. The lowest BCUT2D eigenvalue weighted by atomic mass is 10.0. The maximum absolute atomic E-state index is 12.3. The van der Waals surface area contributed by atoms with E-state index in [2.05, 4.69) is 29.8 Å². The third kappa shape index (κ3) is 6.22. The van der Waals surface area contributed by atoms with Gasteiger partial charge in [-0.2, -0.15) is 0 Å². The van der Waals surface area contributed by atoms with Crippen molar-refractivity contribution in [3.05, 3.63) is 60.2 Å². The van der Waals surface area contributed by atoms with E-state index < -0.39 is 0 Å². The van der Waals surface area contributed by atoms with E-state index in [0.717, 1.165) is 6.42 Å². The molecule has 0 aliphatic heterocycles. The zero-order valence-corrected chi connectivity index (χ0v) is 15.2. The molecule has 0 heterocycles. The van der Waals surface area contributed by atoms with Gasteiger partial charge in [-0.3, -0.25) is 4.79 Å². The summed E-state index contributed by atoms with van der Waals surface area (Å²) in [6.45, 7) is 4.59. The van der Waals surface area contributed by atoms with Crippen LogP contribution in [0.3, 0.4) is 0 Å². The zero-order chi connectivity index (χ0) is 18.9. The summed E-state index contributed by atoms with van der Waals surface area (Å²) in [7, 11) is 0. The Balaban J connectivity index is 1.90. The first-order valence-electron chi connectivity index (χ1n) is 8.72. The zero-order valence-electron chi connectivity index (χ0n) is 15.2. The van der Waals surface area contributed by atoms with Gasteiger partial charge in [0.25, 0.3) is 5.91 Å². The van der Waals surface area contributed by atoms with E-state index in [4.69, 9.17) is 5.73 Å². The fourth-order valence-electron chi connectivity index (χ4n) is 2.57. The number of carbonyl (C=O) groups excluding carboxylic acids is 2. The van der Waals surface area contributed by atoms with Gasteiger partial charge in [0, 0.05) is 29.5 Å². The molecule has 0 fully saturated rings. The molecule has 5 N–H and O–H groups in total. The molecule has 26 heavy (non-hydrogen) atoms. The number of rotatable bonds is 7. The van der Waals surface area contributed by atoms with Gasteiger partial charge >= 0.3 is 6.03 Å². The summed E-state index contributed by atoms with van der Waals surface area (Å²) in [5.74, 6) is 0.292. The molecule has 2 aromatic rings. The molecule has 138 valence electrons. The fraction of sp³-hybridized carbons (Fsp3) is 0.300. The number of nitrogens with one attached hydrogen (secondary N) is 3. The minimum atomic E-state index is -0.339. The van der Waals surface area contributed by atoms with Crippen LogP contribution in [-0.2, 0) is 0 Å². The molecule has 0 radical (unpaired) electrons. The highest BCUT2D eigenvalue weighted by Gasteiger charge is 2.14. The minimum Gasteiger partial charge on any atom is -0.348 e. The van der Waals surface area contributed by atoms with Crippen molar-refractivity contribution in [1.82, 2.24) is 5.32 Å². The first-order valence-corrected chi connectivity index (χ1v) is 8.72. The summed E-state index contributed by atoms with van der Waals surface area (Å²) in [4.78, 5) is 24.3. The molecule has 0 aliphatic carbocycles. The summed E-state index contributed by atoms with van der Waals surface area (Å²) < 4.78 is 0. The monoisotopic (exact) mass is 354 g/mol.